The molecule has 9 heteroatoms. The summed E-state index contributed by atoms with van der Waals surface area (Å²) in [6.45, 7) is 2.28. The van der Waals surface area contributed by atoms with Gasteiger partial charge in [0.15, 0.2) is 18.2 Å². The Morgan fingerprint density at radius 1 is 1.06 bits per heavy atom. The summed E-state index contributed by atoms with van der Waals surface area (Å²) < 4.78 is 22.7. The minimum absolute atomic E-state index is 0.145. The molecule has 31 heavy (non-hydrogen) atoms. The van der Waals surface area contributed by atoms with E-state index in [9.17, 15) is 9.18 Å². The monoisotopic (exact) mass is 439 g/mol. The number of ether oxygens (including phenoxy) is 1. The summed E-state index contributed by atoms with van der Waals surface area (Å²) >= 11 is 6.05. The second-order valence-electron chi connectivity index (χ2n) is 6.83. The highest BCUT2D eigenvalue weighted by Crippen LogP contribution is 2.20. The fourth-order valence-corrected chi connectivity index (χ4v) is 3.17. The van der Waals surface area contributed by atoms with Crippen LogP contribution in [0.2, 0.25) is 5.02 Å². The van der Waals surface area contributed by atoms with Crippen LogP contribution < -0.4 is 10.1 Å². The minimum Gasteiger partial charge on any atom is -0.471 e. The molecular formula is C22H19ClFN5O2. The van der Waals surface area contributed by atoms with Crippen molar-refractivity contribution in [3.05, 3.63) is 94.7 Å². The lowest BCUT2D eigenvalue weighted by Gasteiger charge is -2.08. The molecule has 0 aliphatic rings. The zero-order valence-electron chi connectivity index (χ0n) is 16.6. The van der Waals surface area contributed by atoms with Crippen LogP contribution in [0.1, 0.15) is 21.6 Å². The molecule has 0 spiro atoms. The van der Waals surface area contributed by atoms with Gasteiger partial charge >= 0.3 is 0 Å². The smallest absolute Gasteiger partial charge is 0.277 e. The molecule has 1 N–H and O–H groups in total. The Bertz CT molecular complexity index is 1200. The highest BCUT2D eigenvalue weighted by atomic mass is 35.5. The van der Waals surface area contributed by atoms with Gasteiger partial charge in [-0.3, -0.25) is 9.48 Å². The Morgan fingerprint density at radius 3 is 2.68 bits per heavy atom. The van der Waals surface area contributed by atoms with Gasteiger partial charge in [0.25, 0.3) is 5.91 Å². The molecule has 0 saturated heterocycles. The van der Waals surface area contributed by atoms with Crippen LogP contribution in [0, 0.1) is 12.7 Å². The third-order valence-electron chi connectivity index (χ3n) is 4.58. The number of benzene rings is 2. The van der Waals surface area contributed by atoms with E-state index in [-0.39, 0.29) is 19.0 Å². The highest BCUT2D eigenvalue weighted by molar-refractivity contribution is 6.31. The number of hydrogen-bond donors (Lipinski definition) is 1. The van der Waals surface area contributed by atoms with Crippen LogP contribution in [0.3, 0.4) is 0 Å². The molecule has 4 rings (SSSR count). The maximum Gasteiger partial charge on any atom is 0.277 e. The Hall–Kier alpha value is -3.65. The molecule has 0 radical (unpaired) electrons. The van der Waals surface area contributed by atoms with Crippen molar-refractivity contribution in [2.24, 2.45) is 0 Å². The summed E-state index contributed by atoms with van der Waals surface area (Å²) in [5.74, 6) is 0.253. The van der Waals surface area contributed by atoms with Gasteiger partial charge in [0.1, 0.15) is 11.6 Å². The van der Waals surface area contributed by atoms with E-state index in [4.69, 9.17) is 16.3 Å². The first-order valence-corrected chi connectivity index (χ1v) is 9.87. The van der Waals surface area contributed by atoms with Gasteiger partial charge in [0.05, 0.1) is 6.54 Å². The number of aryl methyl sites for hydroxylation is 1. The average Bonchev–Trinajstić information content (AvgIpc) is 3.40. The van der Waals surface area contributed by atoms with Crippen LogP contribution >= 0.6 is 11.6 Å². The van der Waals surface area contributed by atoms with Crippen LogP contribution in [-0.2, 0) is 13.3 Å². The number of carbonyl (C=O) groups is 1. The lowest BCUT2D eigenvalue weighted by atomic mass is 10.2. The van der Waals surface area contributed by atoms with Gasteiger partial charge in [0.2, 0.25) is 0 Å². The zero-order chi connectivity index (χ0) is 21.8. The van der Waals surface area contributed by atoms with E-state index in [1.165, 1.54) is 15.4 Å². The predicted octanol–water partition coefficient (Wildman–Crippen LogP) is 4.52. The van der Waals surface area contributed by atoms with Crippen molar-refractivity contribution in [2.75, 3.05) is 5.32 Å². The lowest BCUT2D eigenvalue weighted by Crippen LogP contribution is -2.15. The summed E-state index contributed by atoms with van der Waals surface area (Å²) in [6, 6.07) is 15.4. The number of nitrogens with one attached hydrogen (secondary N) is 1. The number of halogens is 2. The Labute approximate surface area is 183 Å². The number of aromatic nitrogens is 4. The number of rotatable bonds is 7. The van der Waals surface area contributed by atoms with Crippen molar-refractivity contribution < 1.29 is 13.9 Å². The third kappa shape index (κ3) is 4.92. The molecule has 2 aromatic heterocycles. The summed E-state index contributed by atoms with van der Waals surface area (Å²) in [7, 11) is 0. The molecule has 0 aliphatic carbocycles. The van der Waals surface area contributed by atoms with E-state index >= 15 is 0 Å². The maximum absolute atomic E-state index is 14.0. The average molecular weight is 440 g/mol. The highest BCUT2D eigenvalue weighted by Gasteiger charge is 2.13. The summed E-state index contributed by atoms with van der Waals surface area (Å²) in [4.78, 5) is 12.5. The number of nitrogens with zero attached hydrogens (tertiary/aromatic N) is 4. The number of anilines is 1. The molecule has 0 aliphatic heterocycles. The molecule has 1 amide bonds. The van der Waals surface area contributed by atoms with E-state index in [0.717, 1.165) is 11.3 Å². The molecule has 2 heterocycles. The lowest BCUT2D eigenvalue weighted by molar-refractivity contribution is 0.101. The quantitative estimate of drug-likeness (QED) is 0.459. The van der Waals surface area contributed by atoms with Crippen LogP contribution in [0.25, 0.3) is 0 Å². The van der Waals surface area contributed by atoms with Crippen molar-refractivity contribution in [3.8, 4) is 5.75 Å². The Kier molecular flexibility index (Phi) is 5.99. The predicted molar refractivity (Wildman–Crippen MR) is 115 cm³/mol. The fraction of sp³-hybridized carbons (Fsp3) is 0.136. The molecule has 7 nitrogen and oxygen atoms in total. The van der Waals surface area contributed by atoms with Crippen molar-refractivity contribution in [2.45, 2.75) is 20.2 Å². The van der Waals surface area contributed by atoms with Crippen LogP contribution in [0.4, 0.5) is 10.2 Å². The minimum atomic E-state index is -0.413. The topological polar surface area (TPSA) is 74.0 Å². The second-order valence-corrected chi connectivity index (χ2v) is 7.24. The van der Waals surface area contributed by atoms with Gasteiger partial charge in [-0.1, -0.05) is 35.9 Å². The van der Waals surface area contributed by atoms with E-state index in [1.807, 2.05) is 31.2 Å². The molecule has 0 saturated carbocycles. The van der Waals surface area contributed by atoms with E-state index in [1.54, 1.807) is 36.7 Å². The van der Waals surface area contributed by atoms with Gasteiger partial charge in [-0.25, -0.2) is 9.07 Å². The summed E-state index contributed by atoms with van der Waals surface area (Å²) in [5.41, 5.74) is 1.57. The molecule has 0 fully saturated rings. The van der Waals surface area contributed by atoms with Crippen molar-refractivity contribution in [3.63, 3.8) is 0 Å². The SMILES string of the molecule is Cc1ccccc1OCn1ccc(C(=O)Nc2ccn(Cc3c(F)cccc3Cl)n2)n1. The number of para-hydroxylation sites is 1. The summed E-state index contributed by atoms with van der Waals surface area (Å²) in [5, 5.41) is 11.5. The van der Waals surface area contributed by atoms with Gasteiger partial charge < -0.3 is 10.1 Å². The summed E-state index contributed by atoms with van der Waals surface area (Å²) in [6.07, 6.45) is 3.29. The first-order chi connectivity index (χ1) is 15.0. The molecule has 0 unspecified atom stereocenters. The number of carbonyl (C=O) groups excluding carboxylic acids is 1. The molecule has 2 aromatic carbocycles. The molecule has 0 atom stereocenters. The van der Waals surface area contributed by atoms with Crippen molar-refractivity contribution >= 4 is 23.3 Å². The normalized spacial score (nSPS) is 10.8. The van der Waals surface area contributed by atoms with E-state index in [2.05, 4.69) is 15.5 Å². The molecular weight excluding hydrogens is 421 g/mol. The maximum atomic E-state index is 14.0. The van der Waals surface area contributed by atoms with Gasteiger partial charge in [0, 0.05) is 29.0 Å². The largest absolute Gasteiger partial charge is 0.471 e. The van der Waals surface area contributed by atoms with E-state index < -0.39 is 11.7 Å². The second kappa shape index (κ2) is 9.01. The van der Waals surface area contributed by atoms with Crippen molar-refractivity contribution in [1.29, 1.82) is 0 Å². The molecule has 4 aromatic rings. The standard InChI is InChI=1S/C22H19ClFN5O2/c1-15-5-2-3-8-20(15)31-14-29-11-9-19(26-29)22(30)25-21-10-12-28(27-21)13-16-17(23)6-4-7-18(16)24/h2-12H,13-14H2,1H3,(H,25,27,30). The van der Waals surface area contributed by atoms with Crippen LogP contribution in [0.15, 0.2) is 67.0 Å². The third-order valence-corrected chi connectivity index (χ3v) is 4.94. The zero-order valence-corrected chi connectivity index (χ0v) is 17.4. The Balaban J connectivity index is 1.36. The van der Waals surface area contributed by atoms with Crippen LogP contribution in [0.5, 0.6) is 5.75 Å². The van der Waals surface area contributed by atoms with Gasteiger partial charge in [-0.15, -0.1) is 0 Å². The fourth-order valence-electron chi connectivity index (χ4n) is 2.95. The van der Waals surface area contributed by atoms with E-state index in [0.29, 0.717) is 16.4 Å². The van der Waals surface area contributed by atoms with Gasteiger partial charge in [-0.05, 0) is 36.8 Å². The molecule has 0 bridgehead atoms. The van der Waals surface area contributed by atoms with Crippen molar-refractivity contribution in [1.82, 2.24) is 19.6 Å². The number of hydrogen-bond acceptors (Lipinski definition) is 4. The first kappa shape index (κ1) is 20.6. The van der Waals surface area contributed by atoms with Crippen LogP contribution in [-0.4, -0.2) is 25.5 Å². The first-order valence-electron chi connectivity index (χ1n) is 9.49. The van der Waals surface area contributed by atoms with Gasteiger partial charge in [-0.2, -0.15) is 10.2 Å². The molecule has 158 valence electrons. The Morgan fingerprint density at radius 2 is 1.87 bits per heavy atom. The number of amides is 1.